The van der Waals surface area contributed by atoms with Crippen molar-refractivity contribution in [3.05, 3.63) is 64.7 Å². The van der Waals surface area contributed by atoms with Gasteiger partial charge in [-0.2, -0.15) is 0 Å². The first-order chi connectivity index (χ1) is 17.1. The molecule has 3 aliphatic rings. The predicted molar refractivity (Wildman–Crippen MR) is 130 cm³/mol. The lowest BCUT2D eigenvalue weighted by molar-refractivity contribution is -0.133. The van der Waals surface area contributed by atoms with Crippen LogP contribution < -0.4 is 4.74 Å². The number of morpholine rings is 1. The van der Waals surface area contributed by atoms with Gasteiger partial charge >= 0.3 is 0 Å². The number of ether oxygens (including phenoxy) is 2. The third-order valence-electron chi connectivity index (χ3n) is 7.23. The molecule has 184 valence electrons. The molecule has 7 nitrogen and oxygen atoms in total. The number of aryl methyl sites for hydroxylation is 1. The fourth-order valence-electron chi connectivity index (χ4n) is 5.20. The summed E-state index contributed by atoms with van der Waals surface area (Å²) in [4.78, 5) is 41.1. The second-order valence-corrected chi connectivity index (χ2v) is 9.61. The third kappa shape index (κ3) is 5.46. The lowest BCUT2D eigenvalue weighted by Gasteiger charge is -2.29. The van der Waals surface area contributed by atoms with Crippen LogP contribution in [0, 0.1) is 0 Å². The van der Waals surface area contributed by atoms with Crippen LogP contribution in [-0.4, -0.2) is 66.2 Å². The molecular weight excluding hydrogens is 444 g/mol. The number of Topliss-reactive ketones (excluding diaryl/α,β-unsaturated/α-hetero) is 2. The van der Waals surface area contributed by atoms with Crippen molar-refractivity contribution in [2.24, 2.45) is 0 Å². The van der Waals surface area contributed by atoms with Gasteiger partial charge in [-0.1, -0.05) is 30.3 Å². The standard InChI is InChI=1S/C28H32N2O5/c31-22-10-11-25(26(32)17-22)30-18-24-23(28(30)33)4-1-5-27(24)35-19-21-8-6-20(7-9-21)3-2-12-29-13-15-34-16-14-29/h1,4-9,25H,2-3,10-19H2. The summed E-state index contributed by atoms with van der Waals surface area (Å²) in [5.41, 5.74) is 3.80. The summed E-state index contributed by atoms with van der Waals surface area (Å²) >= 11 is 0. The van der Waals surface area contributed by atoms with E-state index in [2.05, 4.69) is 29.2 Å². The highest BCUT2D eigenvalue weighted by molar-refractivity contribution is 6.07. The van der Waals surface area contributed by atoms with Crippen LogP contribution in [0.5, 0.6) is 5.75 Å². The summed E-state index contributed by atoms with van der Waals surface area (Å²) < 4.78 is 11.5. The van der Waals surface area contributed by atoms with E-state index in [0.717, 1.165) is 56.8 Å². The van der Waals surface area contributed by atoms with Crippen molar-refractivity contribution < 1.29 is 23.9 Å². The minimum Gasteiger partial charge on any atom is -0.489 e. The summed E-state index contributed by atoms with van der Waals surface area (Å²) in [6.07, 6.45) is 2.87. The van der Waals surface area contributed by atoms with Gasteiger partial charge in [0.15, 0.2) is 5.78 Å². The van der Waals surface area contributed by atoms with Crippen LogP contribution in [0.2, 0.25) is 0 Å². The van der Waals surface area contributed by atoms with Gasteiger partial charge in [-0.05, 0) is 49.1 Å². The lowest BCUT2D eigenvalue weighted by atomic mass is 9.92. The molecule has 2 aromatic carbocycles. The summed E-state index contributed by atoms with van der Waals surface area (Å²) in [5.74, 6) is 0.323. The number of carbonyl (C=O) groups is 3. The maximum absolute atomic E-state index is 13.0. The Kier molecular flexibility index (Phi) is 7.25. The average Bonchev–Trinajstić information content (AvgIpc) is 3.21. The highest BCUT2D eigenvalue weighted by Crippen LogP contribution is 2.34. The Morgan fingerprint density at radius 3 is 2.51 bits per heavy atom. The van der Waals surface area contributed by atoms with Gasteiger partial charge in [0.1, 0.15) is 18.1 Å². The SMILES string of the molecule is O=C1CCC(N2Cc3c(OCc4ccc(CCCN5CCOCC5)cc4)cccc3C2=O)C(=O)C1. The minimum absolute atomic E-state index is 0.0393. The van der Waals surface area contributed by atoms with Crippen LogP contribution in [0.3, 0.4) is 0 Å². The zero-order chi connectivity index (χ0) is 24.2. The fraction of sp³-hybridized carbons (Fsp3) is 0.464. The molecule has 0 aromatic heterocycles. The lowest BCUT2D eigenvalue weighted by Crippen LogP contribution is -2.44. The van der Waals surface area contributed by atoms with Crippen molar-refractivity contribution in [3.63, 3.8) is 0 Å². The Balaban J connectivity index is 1.16. The number of hydrogen-bond acceptors (Lipinski definition) is 6. The van der Waals surface area contributed by atoms with Gasteiger partial charge in [0, 0.05) is 30.6 Å². The maximum atomic E-state index is 13.0. The Morgan fingerprint density at radius 1 is 0.971 bits per heavy atom. The van der Waals surface area contributed by atoms with E-state index in [9.17, 15) is 14.4 Å². The van der Waals surface area contributed by atoms with Gasteiger partial charge in [-0.3, -0.25) is 19.3 Å². The number of ketones is 2. The third-order valence-corrected chi connectivity index (χ3v) is 7.23. The molecule has 1 atom stereocenters. The molecule has 2 fully saturated rings. The van der Waals surface area contributed by atoms with Crippen LogP contribution in [0.25, 0.3) is 0 Å². The van der Waals surface area contributed by atoms with Gasteiger partial charge in [0.2, 0.25) is 0 Å². The number of amides is 1. The molecule has 0 radical (unpaired) electrons. The Bertz CT molecular complexity index is 1090. The second-order valence-electron chi connectivity index (χ2n) is 9.61. The molecule has 35 heavy (non-hydrogen) atoms. The van der Waals surface area contributed by atoms with Crippen molar-refractivity contribution in [2.45, 2.75) is 51.3 Å². The smallest absolute Gasteiger partial charge is 0.255 e. The number of rotatable bonds is 8. The molecule has 1 aliphatic carbocycles. The van der Waals surface area contributed by atoms with Crippen LogP contribution in [-0.2, 0) is 33.9 Å². The number of nitrogens with zero attached hydrogens (tertiary/aromatic N) is 2. The summed E-state index contributed by atoms with van der Waals surface area (Å²) in [5, 5.41) is 0. The highest BCUT2D eigenvalue weighted by atomic mass is 16.5. The number of carbonyl (C=O) groups excluding carboxylic acids is 3. The first-order valence-corrected chi connectivity index (χ1v) is 12.6. The molecule has 7 heteroatoms. The molecule has 1 saturated heterocycles. The van der Waals surface area contributed by atoms with Crippen molar-refractivity contribution in [2.75, 3.05) is 32.8 Å². The van der Waals surface area contributed by atoms with Gasteiger partial charge < -0.3 is 14.4 Å². The molecular formula is C28H32N2O5. The van der Waals surface area contributed by atoms with Gasteiger partial charge in [-0.25, -0.2) is 0 Å². The molecule has 0 N–H and O–H groups in total. The number of benzene rings is 2. The zero-order valence-corrected chi connectivity index (χ0v) is 20.0. The topological polar surface area (TPSA) is 76.2 Å². The van der Waals surface area contributed by atoms with Gasteiger partial charge in [0.05, 0.1) is 32.2 Å². The number of hydrogen-bond donors (Lipinski definition) is 0. The Morgan fingerprint density at radius 2 is 1.74 bits per heavy atom. The Hall–Kier alpha value is -3.03. The Labute approximate surface area is 206 Å². The molecule has 0 bridgehead atoms. The van der Waals surface area contributed by atoms with Crippen molar-refractivity contribution >= 4 is 17.5 Å². The molecule has 2 heterocycles. The number of fused-ring (bicyclic) bond motifs is 1. The van der Waals surface area contributed by atoms with E-state index in [1.807, 2.05) is 12.1 Å². The first-order valence-electron chi connectivity index (χ1n) is 12.6. The summed E-state index contributed by atoms with van der Waals surface area (Å²) in [6, 6.07) is 13.5. The van der Waals surface area contributed by atoms with Crippen LogP contribution in [0.4, 0.5) is 0 Å². The largest absolute Gasteiger partial charge is 0.489 e. The second kappa shape index (κ2) is 10.7. The van der Waals surface area contributed by atoms with Crippen LogP contribution >= 0.6 is 0 Å². The van der Waals surface area contributed by atoms with E-state index in [1.54, 1.807) is 11.0 Å². The monoisotopic (exact) mass is 476 g/mol. The predicted octanol–water partition coefficient (Wildman–Crippen LogP) is 3.18. The first kappa shape index (κ1) is 23.7. The molecule has 0 spiro atoms. The van der Waals surface area contributed by atoms with E-state index < -0.39 is 6.04 Å². The molecule has 2 aliphatic heterocycles. The maximum Gasteiger partial charge on any atom is 0.255 e. The van der Waals surface area contributed by atoms with Gasteiger partial charge in [-0.15, -0.1) is 0 Å². The van der Waals surface area contributed by atoms with Gasteiger partial charge in [0.25, 0.3) is 5.91 Å². The van der Waals surface area contributed by atoms with Crippen molar-refractivity contribution in [1.29, 1.82) is 0 Å². The van der Waals surface area contributed by atoms with Crippen LogP contribution in [0.15, 0.2) is 42.5 Å². The van der Waals surface area contributed by atoms with E-state index in [4.69, 9.17) is 9.47 Å². The van der Waals surface area contributed by atoms with Crippen molar-refractivity contribution in [1.82, 2.24) is 9.80 Å². The molecule has 5 rings (SSSR count). The molecule has 1 saturated carbocycles. The van der Waals surface area contributed by atoms with E-state index >= 15 is 0 Å². The van der Waals surface area contributed by atoms with E-state index in [0.29, 0.717) is 37.3 Å². The normalized spacial score (nSPS) is 20.9. The fourth-order valence-corrected chi connectivity index (χ4v) is 5.20. The molecule has 2 aromatic rings. The van der Waals surface area contributed by atoms with Crippen LogP contribution in [0.1, 0.15) is 52.7 Å². The minimum atomic E-state index is -0.517. The summed E-state index contributed by atoms with van der Waals surface area (Å²) in [6.45, 7) is 5.59. The van der Waals surface area contributed by atoms with E-state index in [-0.39, 0.29) is 23.9 Å². The molecule has 1 unspecified atom stereocenters. The van der Waals surface area contributed by atoms with E-state index in [1.165, 1.54) is 5.56 Å². The zero-order valence-electron chi connectivity index (χ0n) is 20.0. The quantitative estimate of drug-likeness (QED) is 0.545. The van der Waals surface area contributed by atoms with Crippen molar-refractivity contribution in [3.8, 4) is 5.75 Å². The average molecular weight is 477 g/mol. The highest BCUT2D eigenvalue weighted by Gasteiger charge is 2.39. The molecule has 1 amide bonds. The summed E-state index contributed by atoms with van der Waals surface area (Å²) in [7, 11) is 0.